The van der Waals surface area contributed by atoms with Gasteiger partial charge in [-0.05, 0) is 36.6 Å². The van der Waals surface area contributed by atoms with Crippen LogP contribution in [-0.4, -0.2) is 38.7 Å². The molecule has 178 valence electrons. The largest absolute Gasteiger partial charge is 0.447 e. The van der Waals surface area contributed by atoms with Crippen LogP contribution in [0, 0.1) is 5.92 Å². The van der Waals surface area contributed by atoms with E-state index >= 15 is 0 Å². The van der Waals surface area contributed by atoms with Crippen molar-refractivity contribution in [2.75, 3.05) is 16.8 Å². The van der Waals surface area contributed by atoms with Crippen molar-refractivity contribution in [3.05, 3.63) is 60.3 Å². The van der Waals surface area contributed by atoms with Crippen molar-refractivity contribution in [1.29, 1.82) is 0 Å². The van der Waals surface area contributed by atoms with Crippen molar-refractivity contribution >= 4 is 17.9 Å². The van der Waals surface area contributed by atoms with Crippen molar-refractivity contribution in [1.82, 2.24) is 19.9 Å². The predicted octanol–water partition coefficient (Wildman–Crippen LogP) is 5.11. The molecule has 1 aliphatic rings. The molecule has 0 spiro atoms. The Morgan fingerprint density at radius 3 is 2.50 bits per heavy atom. The van der Waals surface area contributed by atoms with E-state index in [0.29, 0.717) is 29.4 Å². The minimum atomic E-state index is -4.43. The highest BCUT2D eigenvalue weighted by Gasteiger charge is 2.37. The van der Waals surface area contributed by atoms with Gasteiger partial charge in [-0.25, -0.2) is 19.7 Å². The lowest BCUT2D eigenvalue weighted by Gasteiger charge is -2.23. The topological polar surface area (TPSA) is 93.1 Å². The molecule has 0 aliphatic carbocycles. The van der Waals surface area contributed by atoms with Gasteiger partial charge in [0.15, 0.2) is 0 Å². The van der Waals surface area contributed by atoms with Crippen LogP contribution in [0.25, 0.3) is 11.1 Å². The molecule has 1 aromatic carbocycles. The average molecular weight is 472 g/mol. The van der Waals surface area contributed by atoms with E-state index in [4.69, 9.17) is 4.74 Å². The second-order valence-corrected chi connectivity index (χ2v) is 8.27. The second kappa shape index (κ2) is 9.24. The Morgan fingerprint density at radius 1 is 1.09 bits per heavy atom. The molecule has 3 aromatic rings. The van der Waals surface area contributed by atoms with Gasteiger partial charge in [0.25, 0.3) is 0 Å². The van der Waals surface area contributed by atoms with E-state index in [1.165, 1.54) is 29.6 Å². The van der Waals surface area contributed by atoms with Crippen LogP contribution in [0.2, 0.25) is 0 Å². The van der Waals surface area contributed by atoms with Crippen LogP contribution in [-0.2, 0) is 10.9 Å². The Bertz CT molecular complexity index is 1170. The second-order valence-electron chi connectivity index (χ2n) is 8.27. The quantitative estimate of drug-likeness (QED) is 0.533. The van der Waals surface area contributed by atoms with Crippen LogP contribution in [0.5, 0.6) is 0 Å². The van der Waals surface area contributed by atoms with Crippen LogP contribution in [0.1, 0.15) is 38.2 Å². The first kappa shape index (κ1) is 23.4. The molecule has 8 nitrogen and oxygen atoms in total. The standard InChI is InChI=1S/C23H23F3N6O2/c1-13(2)18-12-34-22(33)32(18)19-7-8-27-21(31-19)30-14(3)20-28-10-16(11-29-20)15-5-4-6-17(9-15)23(24,25)26/h4-11,13-14,18H,12H2,1-3H3,(H,27,30,31)/t14-,18+/m0/s1. The molecule has 4 rings (SSSR count). The normalized spacial score (nSPS) is 17.1. The van der Waals surface area contributed by atoms with Gasteiger partial charge in [-0.1, -0.05) is 26.0 Å². The van der Waals surface area contributed by atoms with E-state index < -0.39 is 23.9 Å². The molecular formula is C23H23F3N6O2. The highest BCUT2D eigenvalue weighted by Crippen LogP contribution is 2.32. The summed E-state index contributed by atoms with van der Waals surface area (Å²) in [5.74, 6) is 1.29. The minimum Gasteiger partial charge on any atom is -0.447 e. The van der Waals surface area contributed by atoms with Crippen LogP contribution >= 0.6 is 0 Å². The fourth-order valence-corrected chi connectivity index (χ4v) is 3.59. The number of nitrogens with one attached hydrogen (secondary N) is 1. The minimum absolute atomic E-state index is 0.126. The van der Waals surface area contributed by atoms with Gasteiger partial charge in [-0.2, -0.15) is 18.2 Å². The summed E-state index contributed by atoms with van der Waals surface area (Å²) < 4.78 is 44.2. The molecule has 1 fully saturated rings. The van der Waals surface area contributed by atoms with Gasteiger partial charge < -0.3 is 10.1 Å². The predicted molar refractivity (Wildman–Crippen MR) is 119 cm³/mol. The van der Waals surface area contributed by atoms with Gasteiger partial charge >= 0.3 is 12.3 Å². The molecule has 1 aliphatic heterocycles. The lowest BCUT2D eigenvalue weighted by molar-refractivity contribution is -0.137. The Morgan fingerprint density at radius 2 is 1.82 bits per heavy atom. The molecule has 0 radical (unpaired) electrons. The van der Waals surface area contributed by atoms with E-state index in [1.54, 1.807) is 19.1 Å². The molecule has 34 heavy (non-hydrogen) atoms. The smallest absolute Gasteiger partial charge is 0.416 e. The van der Waals surface area contributed by atoms with Crippen molar-refractivity contribution in [3.8, 4) is 11.1 Å². The number of hydrogen-bond donors (Lipinski definition) is 1. The van der Waals surface area contributed by atoms with E-state index in [1.807, 2.05) is 13.8 Å². The number of carbonyl (C=O) groups excluding carboxylic acids is 1. The third kappa shape index (κ3) is 4.92. The van der Waals surface area contributed by atoms with Gasteiger partial charge in [-0.15, -0.1) is 0 Å². The Labute approximate surface area is 194 Å². The first-order chi connectivity index (χ1) is 16.1. The third-order valence-corrected chi connectivity index (χ3v) is 5.49. The summed E-state index contributed by atoms with van der Waals surface area (Å²) in [6.45, 7) is 6.10. The van der Waals surface area contributed by atoms with Crippen LogP contribution in [0.4, 0.5) is 29.7 Å². The molecule has 0 unspecified atom stereocenters. The number of carbonyl (C=O) groups is 1. The van der Waals surface area contributed by atoms with E-state index in [2.05, 4.69) is 25.3 Å². The first-order valence-electron chi connectivity index (χ1n) is 10.7. The molecule has 2 atom stereocenters. The summed E-state index contributed by atoms with van der Waals surface area (Å²) in [5.41, 5.74) is 0.102. The lowest BCUT2D eigenvalue weighted by atomic mass is 10.0. The number of anilines is 2. The summed E-state index contributed by atoms with van der Waals surface area (Å²) in [6, 6.07) is 6.11. The van der Waals surface area contributed by atoms with Gasteiger partial charge in [0, 0.05) is 24.2 Å². The maximum absolute atomic E-state index is 13.0. The number of rotatable bonds is 6. The number of halogens is 3. The molecule has 0 saturated carbocycles. The summed E-state index contributed by atoms with van der Waals surface area (Å²) in [4.78, 5) is 31.0. The average Bonchev–Trinajstić information content (AvgIpc) is 3.20. The summed E-state index contributed by atoms with van der Waals surface area (Å²) in [7, 11) is 0. The number of benzene rings is 1. The number of alkyl halides is 3. The maximum Gasteiger partial charge on any atom is 0.416 e. The molecule has 11 heteroatoms. The maximum atomic E-state index is 13.0. The first-order valence-corrected chi connectivity index (χ1v) is 10.7. The molecule has 2 aromatic heterocycles. The van der Waals surface area contributed by atoms with Gasteiger partial charge in [-0.3, -0.25) is 4.90 Å². The van der Waals surface area contributed by atoms with Crippen molar-refractivity contribution in [3.63, 3.8) is 0 Å². The van der Waals surface area contributed by atoms with Crippen LogP contribution < -0.4 is 10.2 Å². The summed E-state index contributed by atoms with van der Waals surface area (Å²) in [6.07, 6.45) is -0.394. The number of hydrogen-bond acceptors (Lipinski definition) is 7. The highest BCUT2D eigenvalue weighted by atomic mass is 19.4. The Hall–Kier alpha value is -3.76. The number of cyclic esters (lactones) is 1. The van der Waals surface area contributed by atoms with Crippen molar-refractivity contribution < 1.29 is 22.7 Å². The fraction of sp³-hybridized carbons (Fsp3) is 0.348. The lowest BCUT2D eigenvalue weighted by Crippen LogP contribution is -2.37. The number of amides is 1. The summed E-state index contributed by atoms with van der Waals surface area (Å²) in [5, 5.41) is 3.09. The van der Waals surface area contributed by atoms with Crippen LogP contribution in [0.15, 0.2) is 48.9 Å². The van der Waals surface area contributed by atoms with Gasteiger partial charge in [0.05, 0.1) is 17.6 Å². The van der Waals surface area contributed by atoms with Gasteiger partial charge in [0.2, 0.25) is 5.95 Å². The molecule has 3 heterocycles. The van der Waals surface area contributed by atoms with E-state index in [0.717, 1.165) is 12.1 Å². The molecule has 1 N–H and O–H groups in total. The number of aromatic nitrogens is 4. The molecular weight excluding hydrogens is 449 g/mol. The summed E-state index contributed by atoms with van der Waals surface area (Å²) >= 11 is 0. The van der Waals surface area contributed by atoms with Crippen molar-refractivity contribution in [2.24, 2.45) is 5.92 Å². The Kier molecular flexibility index (Phi) is 6.36. The number of ether oxygens (including phenoxy) is 1. The van der Waals surface area contributed by atoms with E-state index in [-0.39, 0.29) is 17.9 Å². The van der Waals surface area contributed by atoms with Crippen molar-refractivity contribution in [2.45, 2.75) is 39.0 Å². The SMILES string of the molecule is CC(C)[C@H]1COC(=O)N1c1ccnc(N[C@@H](C)c2ncc(-c3cccc(C(F)(F)F)c3)cn2)n1. The zero-order valence-corrected chi connectivity index (χ0v) is 18.7. The molecule has 1 amide bonds. The highest BCUT2D eigenvalue weighted by molar-refractivity contribution is 5.89. The fourth-order valence-electron chi connectivity index (χ4n) is 3.59. The third-order valence-electron chi connectivity index (χ3n) is 5.49. The van der Waals surface area contributed by atoms with Gasteiger partial charge in [0.1, 0.15) is 18.2 Å². The molecule has 1 saturated heterocycles. The number of nitrogens with zero attached hydrogens (tertiary/aromatic N) is 5. The van der Waals surface area contributed by atoms with Crippen LogP contribution in [0.3, 0.4) is 0 Å². The Balaban J connectivity index is 1.49. The molecule has 0 bridgehead atoms. The zero-order chi connectivity index (χ0) is 24.5. The van der Waals surface area contributed by atoms with E-state index in [9.17, 15) is 18.0 Å². The monoisotopic (exact) mass is 472 g/mol. The zero-order valence-electron chi connectivity index (χ0n) is 18.7.